The molecule has 0 aromatic heterocycles. The highest BCUT2D eigenvalue weighted by Gasteiger charge is 2.54. The largest absolute Gasteiger partial charge is 0.445 e. The van der Waals surface area contributed by atoms with Crippen LogP contribution in [-0.4, -0.2) is 99.0 Å². The van der Waals surface area contributed by atoms with Gasteiger partial charge in [-0.25, -0.2) is 4.79 Å². The van der Waals surface area contributed by atoms with Crippen LogP contribution in [0.1, 0.15) is 64.6 Å². The second-order valence-electron chi connectivity index (χ2n) is 20.5. The van der Waals surface area contributed by atoms with E-state index >= 15 is 0 Å². The molecule has 14 heteroatoms. The SMILES string of the molecule is O=C(NCCCCCCO[C@H]1O[C@H](COCc2ccccc2)[C@@H](O[C@@H]2O[C@H](COCc3ccccc3)[C@H](OCc3ccccc3)[C@H](OCc3ccccc3)[C@H]2OCc2ccccc2)[C@H](OCc2ccccc2)[C@@H]1O)OCc1ccccc1. The smallest absolute Gasteiger partial charge is 0.407 e. The number of ether oxygens (including phenoxy) is 11. The third-order valence-corrected chi connectivity index (χ3v) is 14.3. The van der Waals surface area contributed by atoms with E-state index in [2.05, 4.69) is 5.32 Å². The monoisotopic (exact) mass is 1120 g/mol. The van der Waals surface area contributed by atoms with Crippen LogP contribution in [0.25, 0.3) is 0 Å². The summed E-state index contributed by atoms with van der Waals surface area (Å²) in [6.45, 7) is 2.58. The van der Waals surface area contributed by atoms with Crippen molar-refractivity contribution in [3.8, 4) is 0 Å². The van der Waals surface area contributed by atoms with Gasteiger partial charge in [-0.05, 0) is 51.8 Å². The minimum Gasteiger partial charge on any atom is -0.445 e. The van der Waals surface area contributed by atoms with E-state index in [-0.39, 0.29) is 52.9 Å². The Balaban J connectivity index is 0.981. The van der Waals surface area contributed by atoms with Gasteiger partial charge in [-0.3, -0.25) is 0 Å². The van der Waals surface area contributed by atoms with Gasteiger partial charge in [-0.1, -0.05) is 225 Å². The van der Waals surface area contributed by atoms with E-state index in [0.29, 0.717) is 26.2 Å². The van der Waals surface area contributed by atoms with Crippen LogP contribution in [-0.2, 0) is 98.4 Å². The quantitative estimate of drug-likeness (QED) is 0.0385. The number of carbonyl (C=O) groups is 1. The first kappa shape index (κ1) is 60.0. The predicted octanol–water partition coefficient (Wildman–Crippen LogP) is 11.5. The number of hydrogen-bond acceptors (Lipinski definition) is 13. The summed E-state index contributed by atoms with van der Waals surface area (Å²) in [6, 6.07) is 69.2. The normalized spacial score (nSPS) is 22.5. The van der Waals surface area contributed by atoms with Crippen molar-refractivity contribution in [3.05, 3.63) is 251 Å². The van der Waals surface area contributed by atoms with Gasteiger partial charge >= 0.3 is 6.09 Å². The molecule has 14 nitrogen and oxygen atoms in total. The summed E-state index contributed by atoms with van der Waals surface area (Å²) < 4.78 is 74.1. The highest BCUT2D eigenvalue weighted by Crippen LogP contribution is 2.36. The van der Waals surface area contributed by atoms with E-state index in [1.54, 1.807) is 0 Å². The highest BCUT2D eigenvalue weighted by atomic mass is 16.8. The van der Waals surface area contributed by atoms with Crippen molar-refractivity contribution in [3.63, 3.8) is 0 Å². The first-order valence-electron chi connectivity index (χ1n) is 28.6. The van der Waals surface area contributed by atoms with E-state index in [1.165, 1.54) is 0 Å². The second-order valence-corrected chi connectivity index (χ2v) is 20.5. The van der Waals surface area contributed by atoms with Crippen LogP contribution in [0, 0.1) is 0 Å². The van der Waals surface area contributed by atoms with Crippen molar-refractivity contribution in [1.82, 2.24) is 5.32 Å². The molecule has 2 heterocycles. The number of aliphatic hydroxyl groups excluding tert-OH is 1. The maximum atomic E-state index is 12.6. The first-order chi connectivity index (χ1) is 40.5. The molecular formula is C68H77NO13. The molecule has 0 aliphatic carbocycles. The van der Waals surface area contributed by atoms with Crippen molar-refractivity contribution in [2.24, 2.45) is 0 Å². The van der Waals surface area contributed by atoms with Crippen LogP contribution in [0.2, 0.25) is 0 Å². The fraction of sp³-hybridized carbons (Fsp3) is 0.368. The van der Waals surface area contributed by atoms with Gasteiger partial charge in [0, 0.05) is 13.2 Å². The Morgan fingerprint density at radius 1 is 0.378 bits per heavy atom. The van der Waals surface area contributed by atoms with Gasteiger partial charge in [0.1, 0.15) is 55.4 Å². The van der Waals surface area contributed by atoms with Crippen LogP contribution >= 0.6 is 0 Å². The molecule has 0 saturated carbocycles. The molecule has 2 N–H and O–H groups in total. The number of rotatable bonds is 32. The maximum absolute atomic E-state index is 12.6. The van der Waals surface area contributed by atoms with Gasteiger partial charge in [-0.15, -0.1) is 0 Å². The van der Waals surface area contributed by atoms with Gasteiger partial charge in [0.2, 0.25) is 0 Å². The molecule has 2 fully saturated rings. The third kappa shape index (κ3) is 19.2. The average molecular weight is 1120 g/mol. The number of unbranched alkanes of at least 4 members (excludes halogenated alkanes) is 3. The standard InChI is InChI=1S/C68H77NO13/c70-60-63(76-45-54-32-16-6-17-33-54)62(59(50-73-43-52-28-12-4-13-29-52)80-66(60)74-41-25-2-1-24-40-69-68(71)79-48-57-38-22-9-23-39-57)82-67-65(78-47-56-36-20-8-21-37-56)64(77-46-55-34-18-7-19-35-55)61(75-44-53-30-14-5-15-31-53)58(81-67)49-72-42-51-26-10-3-11-27-51/h3-23,26-39,58-67,70H,1-2,24-25,40-50H2,(H,69,71)/t58-,59-,60+,61+,62-,63-,64+,65-,66+,67+/m1/s1. The Hall–Kier alpha value is -6.63. The number of aliphatic hydroxyl groups is 1. The van der Waals surface area contributed by atoms with Gasteiger partial charge in [-0.2, -0.15) is 0 Å². The zero-order chi connectivity index (χ0) is 56.2. The molecule has 2 aliphatic heterocycles. The van der Waals surface area contributed by atoms with E-state index in [0.717, 1.165) is 58.2 Å². The Morgan fingerprint density at radius 3 is 1.21 bits per heavy atom. The minimum atomic E-state index is -1.32. The van der Waals surface area contributed by atoms with Gasteiger partial charge in [0.25, 0.3) is 0 Å². The van der Waals surface area contributed by atoms with Crippen molar-refractivity contribution in [2.75, 3.05) is 26.4 Å². The van der Waals surface area contributed by atoms with Crippen molar-refractivity contribution < 1.29 is 62.0 Å². The molecule has 82 heavy (non-hydrogen) atoms. The lowest BCUT2D eigenvalue weighted by Crippen LogP contribution is -2.66. The summed E-state index contributed by atoms with van der Waals surface area (Å²) in [7, 11) is 0. The molecule has 7 aromatic rings. The van der Waals surface area contributed by atoms with Crippen LogP contribution < -0.4 is 5.32 Å². The van der Waals surface area contributed by atoms with Gasteiger partial charge in [0.15, 0.2) is 12.6 Å². The van der Waals surface area contributed by atoms with E-state index in [9.17, 15) is 9.90 Å². The number of nitrogens with one attached hydrogen (secondary N) is 1. The molecule has 432 valence electrons. The molecule has 9 rings (SSSR count). The fourth-order valence-electron chi connectivity index (χ4n) is 9.91. The molecule has 2 saturated heterocycles. The Bertz CT molecular complexity index is 2810. The lowest BCUT2D eigenvalue weighted by molar-refractivity contribution is -0.374. The highest BCUT2D eigenvalue weighted by molar-refractivity contribution is 5.67. The van der Waals surface area contributed by atoms with Crippen LogP contribution in [0.5, 0.6) is 0 Å². The molecule has 7 aromatic carbocycles. The number of amides is 1. The minimum absolute atomic E-state index is 0.0424. The van der Waals surface area contributed by atoms with Crippen LogP contribution in [0.4, 0.5) is 4.79 Å². The lowest BCUT2D eigenvalue weighted by Gasteiger charge is -2.49. The molecule has 0 radical (unpaired) electrons. The van der Waals surface area contributed by atoms with E-state index in [1.807, 2.05) is 212 Å². The van der Waals surface area contributed by atoms with E-state index < -0.39 is 67.5 Å². The summed E-state index contributed by atoms with van der Waals surface area (Å²) in [4.78, 5) is 12.3. The molecule has 0 spiro atoms. The summed E-state index contributed by atoms with van der Waals surface area (Å²) in [6.07, 6.45) is -7.03. The summed E-state index contributed by atoms with van der Waals surface area (Å²) >= 11 is 0. The van der Waals surface area contributed by atoms with Crippen molar-refractivity contribution >= 4 is 6.09 Å². The number of alkyl carbamates (subject to hydrolysis) is 1. The second kappa shape index (κ2) is 33.5. The molecule has 2 aliphatic rings. The fourth-order valence-corrected chi connectivity index (χ4v) is 9.91. The van der Waals surface area contributed by atoms with Gasteiger partial charge < -0.3 is 62.5 Å². The zero-order valence-electron chi connectivity index (χ0n) is 46.4. The maximum Gasteiger partial charge on any atom is 0.407 e. The number of benzene rings is 7. The first-order valence-corrected chi connectivity index (χ1v) is 28.6. The average Bonchev–Trinajstić information content (AvgIpc) is 3.61. The summed E-state index contributed by atoms with van der Waals surface area (Å²) in [5, 5.41) is 15.4. The molecular weight excluding hydrogens is 1040 g/mol. The molecule has 1 amide bonds. The Labute approximate surface area is 482 Å². The van der Waals surface area contributed by atoms with Gasteiger partial charge in [0.05, 0.1) is 52.9 Å². The number of carbonyl (C=O) groups excluding carboxylic acids is 1. The molecule has 0 bridgehead atoms. The lowest BCUT2D eigenvalue weighted by atomic mass is 9.96. The predicted molar refractivity (Wildman–Crippen MR) is 310 cm³/mol. The van der Waals surface area contributed by atoms with E-state index in [4.69, 9.17) is 52.1 Å². The summed E-state index contributed by atoms with van der Waals surface area (Å²) in [5.41, 5.74) is 6.67. The molecule has 0 unspecified atom stereocenters. The van der Waals surface area contributed by atoms with Crippen molar-refractivity contribution in [2.45, 2.75) is 133 Å². The Kier molecular flexibility index (Phi) is 24.5. The summed E-state index contributed by atoms with van der Waals surface area (Å²) in [5.74, 6) is 0. The van der Waals surface area contributed by atoms with Crippen LogP contribution in [0.15, 0.2) is 212 Å². The third-order valence-electron chi connectivity index (χ3n) is 14.3. The van der Waals surface area contributed by atoms with Crippen LogP contribution in [0.3, 0.4) is 0 Å². The Morgan fingerprint density at radius 2 is 0.744 bits per heavy atom. The topological polar surface area (TPSA) is 151 Å². The zero-order valence-corrected chi connectivity index (χ0v) is 46.4. The van der Waals surface area contributed by atoms with Crippen molar-refractivity contribution in [1.29, 1.82) is 0 Å². The molecule has 10 atom stereocenters. The number of hydrogen-bond donors (Lipinski definition) is 2.